The van der Waals surface area contributed by atoms with Crippen LogP contribution in [0.1, 0.15) is 76.3 Å². The number of unbranched alkanes of at least 4 members (excludes halogenated alkanes) is 2. The summed E-state index contributed by atoms with van der Waals surface area (Å²) in [6, 6.07) is 8.66. The summed E-state index contributed by atoms with van der Waals surface area (Å²) in [4.78, 5) is 19.7. The van der Waals surface area contributed by atoms with Gasteiger partial charge in [0.25, 0.3) is 0 Å². The number of hydrogen-bond donors (Lipinski definition) is 0. The average Bonchev–Trinajstić information content (AvgIpc) is 2.68. The van der Waals surface area contributed by atoms with Crippen molar-refractivity contribution in [3.63, 3.8) is 0 Å². The lowest BCUT2D eigenvalue weighted by molar-refractivity contribution is -0.134. The quantitative estimate of drug-likeness (QED) is 0.544. The van der Waals surface area contributed by atoms with E-state index in [2.05, 4.69) is 55.8 Å². The number of nitrogens with zero attached hydrogens (tertiary/aromatic N) is 2. The van der Waals surface area contributed by atoms with E-state index in [0.29, 0.717) is 30.1 Å². The summed E-state index contributed by atoms with van der Waals surface area (Å²) in [5.41, 5.74) is 3.67. The highest BCUT2D eigenvalue weighted by atomic mass is 16.2. The van der Waals surface area contributed by atoms with Crippen molar-refractivity contribution in [2.24, 2.45) is 11.8 Å². The number of carbonyl (C=O) groups excluding carboxylic acids is 1. The Morgan fingerprint density at radius 1 is 1.25 bits per heavy atom. The summed E-state index contributed by atoms with van der Waals surface area (Å²) in [6.07, 6.45) is 8.63. The molecule has 3 atom stereocenters. The van der Waals surface area contributed by atoms with Crippen molar-refractivity contribution >= 4 is 16.8 Å². The van der Waals surface area contributed by atoms with Crippen LogP contribution in [0.25, 0.3) is 10.9 Å². The lowest BCUT2D eigenvalue weighted by Gasteiger charge is -2.37. The molecule has 1 aromatic carbocycles. The number of benzene rings is 1. The maximum atomic E-state index is 13.0. The number of aryl methyl sites for hydroxylation is 1. The third kappa shape index (κ3) is 4.92. The smallest absolute Gasteiger partial charge is 0.222 e. The SMILES string of the molecule is CCCCCC(C)CC(=O)N1C[C@H](C)C[C@H](c2ccc(C)c3ncccc23)C1. The first-order valence-electron chi connectivity index (χ1n) is 11.1. The molecule has 3 heteroatoms. The Labute approximate surface area is 170 Å². The van der Waals surface area contributed by atoms with Gasteiger partial charge in [-0.2, -0.15) is 0 Å². The first-order valence-corrected chi connectivity index (χ1v) is 11.1. The van der Waals surface area contributed by atoms with Gasteiger partial charge in [-0.3, -0.25) is 9.78 Å². The molecular formula is C25H36N2O. The highest BCUT2D eigenvalue weighted by molar-refractivity contribution is 5.85. The van der Waals surface area contributed by atoms with Crippen LogP contribution in [0.15, 0.2) is 30.5 Å². The fourth-order valence-electron chi connectivity index (χ4n) is 4.74. The van der Waals surface area contributed by atoms with Crippen LogP contribution in [0.5, 0.6) is 0 Å². The van der Waals surface area contributed by atoms with E-state index >= 15 is 0 Å². The molecule has 152 valence electrons. The van der Waals surface area contributed by atoms with E-state index in [0.717, 1.165) is 25.0 Å². The minimum Gasteiger partial charge on any atom is -0.342 e. The van der Waals surface area contributed by atoms with Crippen LogP contribution in [0.4, 0.5) is 0 Å². The van der Waals surface area contributed by atoms with Crippen LogP contribution in [-0.4, -0.2) is 28.9 Å². The standard InChI is InChI=1S/C25H36N2O/c1-5-6-7-9-18(2)15-24(28)27-16-19(3)14-21(17-27)22-12-11-20(4)25-23(22)10-8-13-26-25/h8,10-13,18-19,21H,5-7,9,14-17H2,1-4H3/t18?,19-,21+/m1/s1. The highest BCUT2D eigenvalue weighted by Gasteiger charge is 2.30. The van der Waals surface area contributed by atoms with Gasteiger partial charge in [0.15, 0.2) is 0 Å². The number of fused-ring (bicyclic) bond motifs is 1. The van der Waals surface area contributed by atoms with Crippen molar-refractivity contribution in [1.82, 2.24) is 9.88 Å². The molecule has 1 saturated heterocycles. The molecule has 1 amide bonds. The van der Waals surface area contributed by atoms with Gasteiger partial charge < -0.3 is 4.90 Å². The molecule has 1 fully saturated rings. The van der Waals surface area contributed by atoms with E-state index in [1.165, 1.54) is 42.2 Å². The monoisotopic (exact) mass is 380 g/mol. The maximum Gasteiger partial charge on any atom is 0.222 e. The van der Waals surface area contributed by atoms with E-state index in [-0.39, 0.29) is 0 Å². The highest BCUT2D eigenvalue weighted by Crippen LogP contribution is 2.35. The van der Waals surface area contributed by atoms with Crippen LogP contribution in [0.2, 0.25) is 0 Å². The molecule has 1 unspecified atom stereocenters. The lowest BCUT2D eigenvalue weighted by Crippen LogP contribution is -2.43. The van der Waals surface area contributed by atoms with Gasteiger partial charge in [-0.25, -0.2) is 0 Å². The summed E-state index contributed by atoms with van der Waals surface area (Å²) in [5, 5.41) is 1.25. The number of piperidine rings is 1. The van der Waals surface area contributed by atoms with Crippen LogP contribution < -0.4 is 0 Å². The van der Waals surface area contributed by atoms with Crippen molar-refractivity contribution < 1.29 is 4.79 Å². The summed E-state index contributed by atoms with van der Waals surface area (Å²) in [5.74, 6) is 1.76. The third-order valence-corrected chi connectivity index (χ3v) is 6.28. The second kappa shape index (κ2) is 9.54. The largest absolute Gasteiger partial charge is 0.342 e. The second-order valence-corrected chi connectivity index (χ2v) is 9.01. The van der Waals surface area contributed by atoms with Gasteiger partial charge in [0.05, 0.1) is 5.52 Å². The number of likely N-dealkylation sites (tertiary alicyclic amines) is 1. The predicted molar refractivity (Wildman–Crippen MR) is 118 cm³/mol. The average molecular weight is 381 g/mol. The molecule has 0 saturated carbocycles. The molecule has 2 heterocycles. The zero-order valence-corrected chi connectivity index (χ0v) is 18.1. The molecule has 1 aliphatic heterocycles. The van der Waals surface area contributed by atoms with Gasteiger partial charge >= 0.3 is 0 Å². The predicted octanol–water partition coefficient (Wildman–Crippen LogP) is 6.10. The Morgan fingerprint density at radius 3 is 2.86 bits per heavy atom. The molecule has 0 N–H and O–H groups in total. The summed E-state index contributed by atoms with van der Waals surface area (Å²) in [7, 11) is 0. The molecule has 3 rings (SSSR count). The van der Waals surface area contributed by atoms with Gasteiger partial charge in [-0.1, -0.05) is 64.7 Å². The van der Waals surface area contributed by atoms with E-state index in [1.807, 2.05) is 12.3 Å². The molecule has 3 nitrogen and oxygen atoms in total. The minimum atomic E-state index is 0.343. The molecule has 1 aliphatic rings. The first kappa shape index (κ1) is 20.8. The maximum absolute atomic E-state index is 13.0. The molecule has 0 spiro atoms. The van der Waals surface area contributed by atoms with Crippen LogP contribution in [-0.2, 0) is 4.79 Å². The third-order valence-electron chi connectivity index (χ3n) is 6.28. The number of carbonyl (C=O) groups is 1. The second-order valence-electron chi connectivity index (χ2n) is 9.01. The summed E-state index contributed by atoms with van der Waals surface area (Å²) >= 11 is 0. The van der Waals surface area contributed by atoms with Crippen LogP contribution in [0.3, 0.4) is 0 Å². The van der Waals surface area contributed by atoms with Gasteiger partial charge in [-0.05, 0) is 42.4 Å². The van der Waals surface area contributed by atoms with Crippen molar-refractivity contribution in [2.45, 2.75) is 72.1 Å². The van der Waals surface area contributed by atoms with Gasteiger partial charge in [0.2, 0.25) is 5.91 Å². The van der Waals surface area contributed by atoms with Crippen LogP contribution >= 0.6 is 0 Å². The molecule has 2 aromatic rings. The van der Waals surface area contributed by atoms with Crippen molar-refractivity contribution in [1.29, 1.82) is 0 Å². The Hall–Kier alpha value is -1.90. The molecule has 0 aliphatic carbocycles. The van der Waals surface area contributed by atoms with Crippen molar-refractivity contribution in [2.75, 3.05) is 13.1 Å². The number of aromatic nitrogens is 1. The Kier molecular flexibility index (Phi) is 7.09. The number of pyridine rings is 1. The summed E-state index contributed by atoms with van der Waals surface area (Å²) in [6.45, 7) is 10.6. The minimum absolute atomic E-state index is 0.343. The lowest BCUT2D eigenvalue weighted by atomic mass is 9.83. The molecular weight excluding hydrogens is 344 g/mol. The molecule has 28 heavy (non-hydrogen) atoms. The molecule has 1 aromatic heterocycles. The van der Waals surface area contributed by atoms with Crippen LogP contribution in [0, 0.1) is 18.8 Å². The van der Waals surface area contributed by atoms with E-state index in [4.69, 9.17) is 0 Å². The zero-order chi connectivity index (χ0) is 20.1. The zero-order valence-electron chi connectivity index (χ0n) is 18.1. The van der Waals surface area contributed by atoms with Crippen molar-refractivity contribution in [3.8, 4) is 0 Å². The Morgan fingerprint density at radius 2 is 2.07 bits per heavy atom. The van der Waals surface area contributed by atoms with Gasteiger partial charge in [-0.15, -0.1) is 0 Å². The van der Waals surface area contributed by atoms with E-state index < -0.39 is 0 Å². The number of amides is 1. The first-order chi connectivity index (χ1) is 13.5. The summed E-state index contributed by atoms with van der Waals surface area (Å²) < 4.78 is 0. The topological polar surface area (TPSA) is 33.2 Å². The normalized spacial score (nSPS) is 21.1. The van der Waals surface area contributed by atoms with Crippen molar-refractivity contribution in [3.05, 3.63) is 41.6 Å². The molecule has 0 bridgehead atoms. The number of rotatable bonds is 7. The van der Waals surface area contributed by atoms with Gasteiger partial charge in [0.1, 0.15) is 0 Å². The van der Waals surface area contributed by atoms with Gasteiger partial charge in [0, 0.05) is 37.0 Å². The number of hydrogen-bond acceptors (Lipinski definition) is 2. The fraction of sp³-hybridized carbons (Fsp3) is 0.600. The van der Waals surface area contributed by atoms with E-state index in [1.54, 1.807) is 0 Å². The Balaban J connectivity index is 1.73. The Bertz CT molecular complexity index is 800. The molecule has 0 radical (unpaired) electrons. The fourth-order valence-corrected chi connectivity index (χ4v) is 4.74. The van der Waals surface area contributed by atoms with E-state index in [9.17, 15) is 4.79 Å².